The molecule has 1 N–H and O–H groups in total. The Morgan fingerprint density at radius 3 is 2.65 bits per heavy atom. The van der Waals surface area contributed by atoms with Crippen molar-refractivity contribution in [2.45, 2.75) is 38.7 Å². The third-order valence-corrected chi connectivity index (χ3v) is 5.97. The summed E-state index contributed by atoms with van der Waals surface area (Å²) in [6.45, 7) is 7.89. The monoisotopic (exact) mass is 386 g/mol. The van der Waals surface area contributed by atoms with E-state index in [4.69, 9.17) is 4.42 Å². The first-order chi connectivity index (χ1) is 12.4. The van der Waals surface area contributed by atoms with Gasteiger partial charge >= 0.3 is 0 Å². The molecule has 3 rings (SSSR count). The van der Waals surface area contributed by atoms with E-state index in [9.17, 15) is 4.79 Å². The average molecular weight is 387 g/mol. The van der Waals surface area contributed by atoms with E-state index < -0.39 is 0 Å². The Morgan fingerprint density at radius 2 is 2.00 bits per heavy atom. The zero-order valence-electron chi connectivity index (χ0n) is 15.3. The number of aromatic nitrogens is 1. The molecule has 2 aromatic heterocycles. The number of nitrogens with one attached hydrogen (secondary N) is 1. The predicted octanol–water partition coefficient (Wildman–Crippen LogP) is 5.59. The van der Waals surface area contributed by atoms with Gasteiger partial charge in [0.05, 0.1) is 15.8 Å². The lowest BCUT2D eigenvalue weighted by molar-refractivity contribution is -0.115. The Labute approximate surface area is 162 Å². The van der Waals surface area contributed by atoms with E-state index in [1.54, 1.807) is 23.1 Å². The van der Waals surface area contributed by atoms with Crippen molar-refractivity contribution >= 4 is 34.7 Å². The minimum atomic E-state index is -0.183. The maximum absolute atomic E-state index is 12.5. The van der Waals surface area contributed by atoms with Gasteiger partial charge in [0.15, 0.2) is 0 Å². The Morgan fingerprint density at radius 1 is 1.27 bits per heavy atom. The second kappa shape index (κ2) is 8.10. The van der Waals surface area contributed by atoms with Gasteiger partial charge in [-0.25, -0.2) is 4.98 Å². The Kier molecular flexibility index (Phi) is 5.84. The molecule has 1 atom stereocenters. The normalized spacial score (nSPS) is 12.2. The number of hydrogen-bond acceptors (Lipinski definition) is 5. The van der Waals surface area contributed by atoms with Gasteiger partial charge in [0.25, 0.3) is 0 Å². The molecular formula is C20H22N2O2S2. The molecule has 3 aromatic rings. The van der Waals surface area contributed by atoms with Crippen LogP contribution >= 0.6 is 23.1 Å². The van der Waals surface area contributed by atoms with Crippen LogP contribution in [0.5, 0.6) is 0 Å². The van der Waals surface area contributed by atoms with Crippen LogP contribution in [0, 0.1) is 20.8 Å². The van der Waals surface area contributed by atoms with E-state index in [-0.39, 0.29) is 11.2 Å². The van der Waals surface area contributed by atoms with Gasteiger partial charge in [0.2, 0.25) is 11.8 Å². The molecule has 4 nitrogen and oxygen atoms in total. The van der Waals surface area contributed by atoms with E-state index in [0.717, 1.165) is 33.1 Å². The number of hydrogen-bond donors (Lipinski definition) is 1. The van der Waals surface area contributed by atoms with Gasteiger partial charge in [0.1, 0.15) is 5.76 Å². The Balaban J connectivity index is 1.60. The van der Waals surface area contributed by atoms with Crippen LogP contribution in [-0.2, 0) is 10.5 Å². The van der Waals surface area contributed by atoms with Gasteiger partial charge in [-0.05, 0) is 62.4 Å². The minimum Gasteiger partial charge on any atom is -0.440 e. The lowest BCUT2D eigenvalue weighted by Crippen LogP contribution is -2.22. The first-order valence-corrected chi connectivity index (χ1v) is 10.4. The summed E-state index contributed by atoms with van der Waals surface area (Å²) in [6, 6.07) is 10.0. The number of nitrogens with zero attached hydrogens (tertiary/aromatic N) is 1. The Hall–Kier alpha value is -2.05. The number of benzene rings is 1. The smallest absolute Gasteiger partial charge is 0.237 e. The topological polar surface area (TPSA) is 55.1 Å². The lowest BCUT2D eigenvalue weighted by Gasteiger charge is -2.12. The second-order valence-corrected chi connectivity index (χ2v) is 8.59. The molecule has 0 aliphatic carbocycles. The molecule has 1 aromatic carbocycles. The van der Waals surface area contributed by atoms with Crippen molar-refractivity contribution < 1.29 is 9.21 Å². The fourth-order valence-electron chi connectivity index (χ4n) is 2.64. The van der Waals surface area contributed by atoms with Crippen LogP contribution in [-0.4, -0.2) is 16.1 Å². The van der Waals surface area contributed by atoms with E-state index >= 15 is 0 Å². The van der Waals surface area contributed by atoms with Gasteiger partial charge in [0, 0.05) is 11.4 Å². The number of rotatable bonds is 6. The highest BCUT2D eigenvalue weighted by atomic mass is 32.2. The van der Waals surface area contributed by atoms with Crippen molar-refractivity contribution in [2.24, 2.45) is 0 Å². The highest BCUT2D eigenvalue weighted by Gasteiger charge is 2.17. The molecule has 6 heteroatoms. The molecule has 0 spiro atoms. The van der Waals surface area contributed by atoms with Crippen LogP contribution in [0.2, 0.25) is 0 Å². The van der Waals surface area contributed by atoms with Crippen LogP contribution < -0.4 is 5.32 Å². The van der Waals surface area contributed by atoms with Crippen molar-refractivity contribution in [1.82, 2.24) is 4.98 Å². The molecule has 0 saturated carbocycles. The van der Waals surface area contributed by atoms with Gasteiger partial charge in [-0.2, -0.15) is 0 Å². The van der Waals surface area contributed by atoms with Crippen molar-refractivity contribution in [3.8, 4) is 10.8 Å². The quantitative estimate of drug-likeness (QED) is 0.600. The van der Waals surface area contributed by atoms with Gasteiger partial charge in [-0.15, -0.1) is 23.1 Å². The summed E-state index contributed by atoms with van der Waals surface area (Å²) in [5, 5.41) is 4.82. The number of carbonyl (C=O) groups excluding carboxylic acids is 1. The van der Waals surface area contributed by atoms with Gasteiger partial charge < -0.3 is 9.73 Å². The minimum absolute atomic E-state index is 0.000344. The van der Waals surface area contributed by atoms with E-state index in [1.165, 1.54) is 0 Å². The number of carbonyl (C=O) groups is 1. The molecule has 0 bridgehead atoms. The fraction of sp³-hybridized carbons (Fsp3) is 0.300. The molecular weight excluding hydrogens is 364 g/mol. The van der Waals surface area contributed by atoms with Crippen LogP contribution in [0.25, 0.3) is 10.8 Å². The lowest BCUT2D eigenvalue weighted by atomic mass is 10.1. The maximum Gasteiger partial charge on any atom is 0.237 e. The standard InChI is InChI=1S/C20H22N2O2S2/c1-12-8-13(2)10-16(9-12)21-19(23)15(4)26-11-17-14(3)24-20(22-17)18-6-5-7-25-18/h5-10,15H,11H2,1-4H3,(H,21,23). The molecule has 26 heavy (non-hydrogen) atoms. The maximum atomic E-state index is 12.5. The van der Waals surface area contributed by atoms with E-state index in [2.05, 4.69) is 16.4 Å². The van der Waals surface area contributed by atoms with Crippen LogP contribution in [0.1, 0.15) is 29.5 Å². The average Bonchev–Trinajstić information content (AvgIpc) is 3.21. The third kappa shape index (κ3) is 4.56. The van der Waals surface area contributed by atoms with Crippen LogP contribution in [0.3, 0.4) is 0 Å². The number of thioether (sulfide) groups is 1. The molecule has 0 aliphatic rings. The number of amides is 1. The molecule has 0 aliphatic heterocycles. The third-order valence-electron chi connectivity index (χ3n) is 3.95. The van der Waals surface area contributed by atoms with Crippen LogP contribution in [0.15, 0.2) is 40.1 Å². The summed E-state index contributed by atoms with van der Waals surface area (Å²) in [6.07, 6.45) is 0. The predicted molar refractivity (Wildman–Crippen MR) is 110 cm³/mol. The molecule has 0 saturated heterocycles. The van der Waals surface area contributed by atoms with Crippen LogP contribution in [0.4, 0.5) is 5.69 Å². The number of aryl methyl sites for hydroxylation is 3. The van der Waals surface area contributed by atoms with Gasteiger partial charge in [-0.3, -0.25) is 4.79 Å². The summed E-state index contributed by atoms with van der Waals surface area (Å²) >= 11 is 3.16. The molecule has 136 valence electrons. The van der Waals surface area contributed by atoms with Crippen molar-refractivity contribution in [2.75, 3.05) is 5.32 Å². The molecule has 1 unspecified atom stereocenters. The summed E-state index contributed by atoms with van der Waals surface area (Å²) in [7, 11) is 0. The summed E-state index contributed by atoms with van der Waals surface area (Å²) in [5.74, 6) is 2.10. The van der Waals surface area contributed by atoms with Crippen molar-refractivity contribution in [3.63, 3.8) is 0 Å². The molecule has 0 fully saturated rings. The molecule has 2 heterocycles. The first kappa shape index (κ1) is 18.7. The largest absolute Gasteiger partial charge is 0.440 e. The first-order valence-electron chi connectivity index (χ1n) is 8.43. The van der Waals surface area contributed by atoms with E-state index in [0.29, 0.717) is 11.6 Å². The molecule has 0 radical (unpaired) electrons. The Bertz CT molecular complexity index is 880. The number of anilines is 1. The zero-order valence-corrected chi connectivity index (χ0v) is 17.0. The highest BCUT2D eigenvalue weighted by molar-refractivity contribution is 7.99. The zero-order chi connectivity index (χ0) is 18.7. The SMILES string of the molecule is Cc1cc(C)cc(NC(=O)C(C)SCc2nc(-c3cccs3)oc2C)c1. The van der Waals surface area contributed by atoms with Gasteiger partial charge in [-0.1, -0.05) is 12.1 Å². The summed E-state index contributed by atoms with van der Waals surface area (Å²) < 4.78 is 5.76. The second-order valence-electron chi connectivity index (χ2n) is 6.32. The number of oxazole rings is 1. The van der Waals surface area contributed by atoms with Crippen molar-refractivity contribution in [3.05, 3.63) is 58.3 Å². The summed E-state index contributed by atoms with van der Waals surface area (Å²) in [5.41, 5.74) is 4.02. The number of thiophene rings is 1. The highest BCUT2D eigenvalue weighted by Crippen LogP contribution is 2.28. The molecule has 1 amide bonds. The van der Waals surface area contributed by atoms with E-state index in [1.807, 2.05) is 57.3 Å². The summed E-state index contributed by atoms with van der Waals surface area (Å²) in [4.78, 5) is 18.1. The fourth-order valence-corrected chi connectivity index (χ4v) is 4.17. The van der Waals surface area contributed by atoms with Crippen molar-refractivity contribution in [1.29, 1.82) is 0 Å².